The highest BCUT2D eigenvalue weighted by Crippen LogP contribution is 2.61. The van der Waals surface area contributed by atoms with Gasteiger partial charge in [-0.3, -0.25) is 9.59 Å². The van der Waals surface area contributed by atoms with E-state index in [4.69, 9.17) is 16.3 Å². The van der Waals surface area contributed by atoms with Crippen molar-refractivity contribution in [2.24, 2.45) is 0 Å². The number of benzene rings is 4. The van der Waals surface area contributed by atoms with Crippen molar-refractivity contribution in [2.75, 3.05) is 6.61 Å². The minimum atomic E-state index is -1.19. The zero-order valence-corrected chi connectivity index (χ0v) is 23.8. The Morgan fingerprint density at radius 2 is 1.66 bits per heavy atom. The van der Waals surface area contributed by atoms with Crippen LogP contribution in [0.3, 0.4) is 0 Å². The maximum absolute atomic E-state index is 13.8. The summed E-state index contributed by atoms with van der Waals surface area (Å²) >= 11 is 8.31. The van der Waals surface area contributed by atoms with Gasteiger partial charge in [0.05, 0.1) is 22.1 Å². The van der Waals surface area contributed by atoms with E-state index in [1.807, 2.05) is 48.5 Å². The van der Waals surface area contributed by atoms with Gasteiger partial charge in [-0.05, 0) is 77.4 Å². The summed E-state index contributed by atoms with van der Waals surface area (Å²) in [6.45, 7) is 6.88. The fraction of sp³-hybridized carbons (Fsp3) is 0.188. The average molecular weight is 559 g/mol. The molecule has 5 aromatic rings. The zero-order chi connectivity index (χ0) is 26.6. The lowest BCUT2D eigenvalue weighted by Gasteiger charge is -2.33. The van der Waals surface area contributed by atoms with Gasteiger partial charge in [0.25, 0.3) is 0 Å². The molecule has 0 fully saturated rings. The summed E-state index contributed by atoms with van der Waals surface area (Å²) in [4.78, 5) is 30.3. The Hall–Kier alpha value is -3.12. The number of thiol groups is 1. The molecule has 1 aliphatic rings. The van der Waals surface area contributed by atoms with E-state index in [2.05, 4.69) is 39.0 Å². The fourth-order valence-electron chi connectivity index (χ4n) is 5.06. The highest BCUT2D eigenvalue weighted by molar-refractivity contribution is 8.17. The van der Waals surface area contributed by atoms with Gasteiger partial charge >= 0.3 is 0 Å². The highest BCUT2D eigenvalue weighted by atomic mass is 35.5. The first-order chi connectivity index (χ1) is 18.4. The smallest absolute Gasteiger partial charge is 0.196 e. The number of carbonyl (C=O) groups excluding carboxylic acids is 1. The lowest BCUT2D eigenvalue weighted by atomic mass is 10.0. The van der Waals surface area contributed by atoms with Gasteiger partial charge in [0.2, 0.25) is 0 Å². The predicted octanol–water partition coefficient (Wildman–Crippen LogP) is 9.00. The predicted molar refractivity (Wildman–Crippen MR) is 161 cm³/mol. The van der Waals surface area contributed by atoms with Crippen molar-refractivity contribution in [2.45, 2.75) is 47.8 Å². The Balaban J connectivity index is 1.63. The van der Waals surface area contributed by atoms with Crippen LogP contribution in [-0.2, 0) is 0 Å². The molecule has 0 saturated carbocycles. The van der Waals surface area contributed by atoms with E-state index in [0.717, 1.165) is 41.5 Å². The summed E-state index contributed by atoms with van der Waals surface area (Å²) in [5, 5.41) is 1.89. The maximum atomic E-state index is 13.8. The van der Waals surface area contributed by atoms with Gasteiger partial charge in [-0.15, -0.1) is 11.3 Å². The van der Waals surface area contributed by atoms with Crippen LogP contribution < -0.4 is 10.2 Å². The molecule has 0 spiro atoms. The quantitative estimate of drug-likeness (QED) is 0.169. The summed E-state index contributed by atoms with van der Waals surface area (Å²) in [6, 6.07) is 23.7. The molecule has 1 unspecified atom stereocenters. The highest BCUT2D eigenvalue weighted by Gasteiger charge is 2.34. The Kier molecular flexibility index (Phi) is 6.55. The molecule has 1 aliphatic heterocycles. The molecule has 0 aliphatic carbocycles. The molecule has 0 amide bonds. The standard InChI is InChI=1S/C32H27ClO3S2/c1-4-15-36-25-12-11-24(33)29-31(35)21-7-5-6-8-28(21)38(32(25)29)20-10-14-27-23(17-20)30(34)22-16-19(18(2)3)9-13-26(22)37-27/h5-14,16-18,38H,4,15H2,1-3H3. The minimum absolute atomic E-state index is 0.0447. The molecule has 1 aromatic heterocycles. The first kappa shape index (κ1) is 25.2. The Labute approximate surface area is 233 Å². The Bertz CT molecular complexity index is 1810. The number of rotatable bonds is 5. The van der Waals surface area contributed by atoms with E-state index in [-0.39, 0.29) is 11.2 Å². The van der Waals surface area contributed by atoms with Crippen molar-refractivity contribution in [1.82, 2.24) is 0 Å². The second-order valence-corrected chi connectivity index (χ2v) is 13.4. The number of fused-ring (bicyclic) bond motifs is 4. The Morgan fingerprint density at radius 3 is 2.42 bits per heavy atom. The van der Waals surface area contributed by atoms with Crippen LogP contribution >= 0.6 is 33.8 Å². The lowest BCUT2D eigenvalue weighted by Crippen LogP contribution is -2.15. The molecule has 2 heterocycles. The molecule has 38 heavy (non-hydrogen) atoms. The number of ketones is 1. The van der Waals surface area contributed by atoms with Gasteiger partial charge in [0.1, 0.15) is 5.75 Å². The van der Waals surface area contributed by atoms with Crippen molar-refractivity contribution >= 4 is 59.8 Å². The molecule has 0 N–H and O–H groups in total. The molecule has 1 atom stereocenters. The maximum Gasteiger partial charge on any atom is 0.196 e. The van der Waals surface area contributed by atoms with E-state index < -0.39 is 10.9 Å². The molecule has 6 heteroatoms. The second-order valence-electron chi connectivity index (χ2n) is 9.82. The van der Waals surface area contributed by atoms with Crippen LogP contribution in [0, 0.1) is 0 Å². The van der Waals surface area contributed by atoms with Crippen molar-refractivity contribution in [3.63, 3.8) is 0 Å². The summed E-state index contributed by atoms with van der Waals surface area (Å²) < 4.78 is 8.12. The number of ether oxygens (including phenoxy) is 1. The third-order valence-corrected chi connectivity index (χ3v) is 11.0. The SMILES string of the molecule is CCCOc1ccc(Cl)c2c1[SH](c1ccc3sc4ccc(C(C)C)cc4c(=O)c3c1)c1ccccc1C2=O. The molecule has 3 nitrogen and oxygen atoms in total. The zero-order valence-electron chi connectivity index (χ0n) is 21.4. The first-order valence-corrected chi connectivity index (χ1v) is 15.3. The topological polar surface area (TPSA) is 43.4 Å². The molecule has 192 valence electrons. The second kappa shape index (κ2) is 9.88. The van der Waals surface area contributed by atoms with Gasteiger partial charge in [-0.25, -0.2) is 0 Å². The van der Waals surface area contributed by atoms with Gasteiger partial charge in [0.15, 0.2) is 11.2 Å². The van der Waals surface area contributed by atoms with Crippen LogP contribution in [0.4, 0.5) is 0 Å². The van der Waals surface area contributed by atoms with Gasteiger partial charge < -0.3 is 4.74 Å². The lowest BCUT2D eigenvalue weighted by molar-refractivity contribution is 0.103. The molecule has 0 radical (unpaired) electrons. The minimum Gasteiger partial charge on any atom is -0.492 e. The third kappa shape index (κ3) is 4.05. The van der Waals surface area contributed by atoms with Crippen molar-refractivity contribution in [3.05, 3.63) is 105 Å². The van der Waals surface area contributed by atoms with Crippen LogP contribution in [-0.4, -0.2) is 12.4 Å². The fourth-order valence-corrected chi connectivity index (χ4v) is 9.12. The van der Waals surface area contributed by atoms with E-state index >= 15 is 0 Å². The number of hydrogen-bond donors (Lipinski definition) is 1. The molecular weight excluding hydrogens is 532 g/mol. The molecule has 0 saturated heterocycles. The number of carbonyl (C=O) groups is 1. The first-order valence-electron chi connectivity index (χ1n) is 12.8. The van der Waals surface area contributed by atoms with E-state index in [1.54, 1.807) is 17.4 Å². The number of hydrogen-bond acceptors (Lipinski definition) is 4. The Morgan fingerprint density at radius 1 is 0.921 bits per heavy atom. The van der Waals surface area contributed by atoms with Crippen LogP contribution in [0.2, 0.25) is 5.02 Å². The van der Waals surface area contributed by atoms with E-state index in [0.29, 0.717) is 39.8 Å². The molecule has 0 bridgehead atoms. The molecule has 6 rings (SSSR count). The van der Waals surface area contributed by atoms with Gasteiger partial charge in [-0.1, -0.05) is 50.6 Å². The van der Waals surface area contributed by atoms with Crippen LogP contribution in [0.25, 0.3) is 20.2 Å². The van der Waals surface area contributed by atoms with Gasteiger partial charge in [-0.2, -0.15) is 10.9 Å². The molecule has 4 aromatic carbocycles. The van der Waals surface area contributed by atoms with Gasteiger partial charge in [0, 0.05) is 30.6 Å². The van der Waals surface area contributed by atoms with Crippen LogP contribution in [0.15, 0.2) is 92.3 Å². The normalized spacial score (nSPS) is 15.6. The van der Waals surface area contributed by atoms with Crippen molar-refractivity contribution in [3.8, 4) is 5.75 Å². The van der Waals surface area contributed by atoms with Crippen LogP contribution in [0.5, 0.6) is 5.75 Å². The van der Waals surface area contributed by atoms with Crippen LogP contribution in [0.1, 0.15) is 54.6 Å². The summed E-state index contributed by atoms with van der Waals surface area (Å²) in [5.74, 6) is 0.944. The van der Waals surface area contributed by atoms with E-state index in [1.165, 1.54) is 0 Å². The summed E-state index contributed by atoms with van der Waals surface area (Å²) in [5.41, 5.74) is 2.37. The summed E-state index contributed by atoms with van der Waals surface area (Å²) in [7, 11) is -1.19. The largest absolute Gasteiger partial charge is 0.492 e. The van der Waals surface area contributed by atoms with Crippen molar-refractivity contribution in [1.29, 1.82) is 0 Å². The van der Waals surface area contributed by atoms with Crippen molar-refractivity contribution < 1.29 is 9.53 Å². The summed E-state index contributed by atoms with van der Waals surface area (Å²) in [6.07, 6.45) is 0.849. The van der Waals surface area contributed by atoms with E-state index in [9.17, 15) is 9.59 Å². The number of halogens is 1. The third-order valence-electron chi connectivity index (χ3n) is 6.99. The molecular formula is C32H27ClO3S2. The average Bonchev–Trinajstić information content (AvgIpc) is 2.93. The monoisotopic (exact) mass is 558 g/mol.